The molecule has 1 spiro atoms. The van der Waals surface area contributed by atoms with Crippen LogP contribution < -0.4 is 10.2 Å². The van der Waals surface area contributed by atoms with Crippen molar-refractivity contribution in [1.29, 1.82) is 0 Å². The van der Waals surface area contributed by atoms with E-state index in [0.29, 0.717) is 32.5 Å². The number of nitrogens with zero attached hydrogens (tertiary/aromatic N) is 5. The zero-order chi connectivity index (χ0) is 23.0. The lowest BCUT2D eigenvalue weighted by molar-refractivity contribution is -0.123. The van der Waals surface area contributed by atoms with Gasteiger partial charge in [0.1, 0.15) is 17.5 Å². The molecule has 0 unspecified atom stereocenters. The van der Waals surface area contributed by atoms with Crippen molar-refractivity contribution >= 4 is 23.4 Å². The van der Waals surface area contributed by atoms with E-state index < -0.39 is 23.2 Å². The molecule has 0 saturated carbocycles. The summed E-state index contributed by atoms with van der Waals surface area (Å²) < 4.78 is 28.8. The molecule has 5 rings (SSSR count). The highest BCUT2D eigenvalue weighted by Gasteiger charge is 2.46. The number of hydrogen-bond acceptors (Lipinski definition) is 4. The van der Waals surface area contributed by atoms with Gasteiger partial charge in [-0.1, -0.05) is 0 Å². The van der Waals surface area contributed by atoms with Crippen LogP contribution in [0.3, 0.4) is 0 Å². The Hall–Kier alpha value is -3.82. The van der Waals surface area contributed by atoms with Crippen molar-refractivity contribution in [2.24, 2.45) is 0 Å². The summed E-state index contributed by atoms with van der Waals surface area (Å²) in [6, 6.07) is 8.04. The summed E-state index contributed by atoms with van der Waals surface area (Å²) in [7, 11) is 0. The monoisotopic (exact) mass is 452 g/mol. The maximum Gasteiger partial charge on any atom is 0.321 e. The molecule has 170 valence electrons. The fourth-order valence-electron chi connectivity index (χ4n) is 4.63. The molecule has 2 aromatic heterocycles. The van der Waals surface area contributed by atoms with Gasteiger partial charge in [0.25, 0.3) is 0 Å². The highest BCUT2D eigenvalue weighted by Crippen LogP contribution is 2.41. The predicted octanol–water partition coefficient (Wildman–Crippen LogP) is 3.52. The Morgan fingerprint density at radius 1 is 1.03 bits per heavy atom. The number of carbonyl (C=O) groups excluding carboxylic acids is 2. The van der Waals surface area contributed by atoms with Crippen molar-refractivity contribution in [3.63, 3.8) is 0 Å². The molecule has 2 aliphatic heterocycles. The number of piperidine rings is 1. The fraction of sp³-hybridized carbons (Fsp3) is 0.304. The number of amides is 3. The first-order chi connectivity index (χ1) is 15.9. The van der Waals surface area contributed by atoms with E-state index in [1.54, 1.807) is 28.4 Å². The third-order valence-corrected chi connectivity index (χ3v) is 6.32. The van der Waals surface area contributed by atoms with E-state index in [0.717, 1.165) is 29.6 Å². The first-order valence-corrected chi connectivity index (χ1v) is 10.7. The second kappa shape index (κ2) is 8.27. The maximum absolute atomic E-state index is 13.4. The van der Waals surface area contributed by atoms with Crippen LogP contribution in [0.1, 0.15) is 24.8 Å². The Morgan fingerprint density at radius 2 is 1.73 bits per heavy atom. The molecule has 0 radical (unpaired) electrons. The molecule has 1 aromatic carbocycles. The zero-order valence-corrected chi connectivity index (χ0v) is 17.7. The molecule has 8 nitrogen and oxygen atoms in total. The van der Waals surface area contributed by atoms with Crippen molar-refractivity contribution in [2.45, 2.75) is 31.3 Å². The molecular formula is C23H22F2N6O2. The highest BCUT2D eigenvalue weighted by atomic mass is 19.1. The van der Waals surface area contributed by atoms with Crippen LogP contribution in [0.2, 0.25) is 0 Å². The molecule has 0 atom stereocenters. The summed E-state index contributed by atoms with van der Waals surface area (Å²) in [6.07, 6.45) is 6.45. The van der Waals surface area contributed by atoms with Gasteiger partial charge < -0.3 is 10.2 Å². The Labute approximate surface area is 188 Å². The van der Waals surface area contributed by atoms with Gasteiger partial charge in [0.05, 0.1) is 24.7 Å². The normalized spacial score (nSPS) is 17.2. The zero-order valence-electron chi connectivity index (χ0n) is 17.7. The van der Waals surface area contributed by atoms with Crippen LogP contribution in [0.5, 0.6) is 0 Å². The van der Waals surface area contributed by atoms with E-state index >= 15 is 0 Å². The van der Waals surface area contributed by atoms with Crippen molar-refractivity contribution in [2.75, 3.05) is 23.3 Å². The molecule has 0 bridgehead atoms. The lowest BCUT2D eigenvalue weighted by atomic mass is 9.82. The van der Waals surface area contributed by atoms with Gasteiger partial charge in [0, 0.05) is 43.3 Å². The van der Waals surface area contributed by atoms with Gasteiger partial charge in [-0.15, -0.1) is 0 Å². The number of rotatable bonds is 3. The van der Waals surface area contributed by atoms with Gasteiger partial charge in [-0.3, -0.25) is 14.7 Å². The second-order valence-corrected chi connectivity index (χ2v) is 8.41. The number of anilines is 2. The number of carbonyl (C=O) groups is 2. The van der Waals surface area contributed by atoms with Gasteiger partial charge in [-0.05, 0) is 42.7 Å². The number of fused-ring (bicyclic) bond motifs is 2. The molecule has 33 heavy (non-hydrogen) atoms. The Morgan fingerprint density at radius 3 is 2.42 bits per heavy atom. The van der Waals surface area contributed by atoms with Gasteiger partial charge >= 0.3 is 6.03 Å². The number of hydrogen-bond donors (Lipinski definition) is 1. The third-order valence-electron chi connectivity index (χ3n) is 6.32. The van der Waals surface area contributed by atoms with Crippen LogP contribution >= 0.6 is 0 Å². The van der Waals surface area contributed by atoms with Crippen molar-refractivity contribution in [3.8, 4) is 0 Å². The van der Waals surface area contributed by atoms with Crippen LogP contribution in [0.25, 0.3) is 0 Å². The molecule has 0 aliphatic carbocycles. The average molecular weight is 452 g/mol. The van der Waals surface area contributed by atoms with E-state index in [-0.39, 0.29) is 18.0 Å². The molecular weight excluding hydrogens is 430 g/mol. The third kappa shape index (κ3) is 4.04. The first kappa shape index (κ1) is 21.0. The summed E-state index contributed by atoms with van der Waals surface area (Å²) in [6.45, 7) is 1.21. The maximum atomic E-state index is 13.4. The quantitative estimate of drug-likeness (QED) is 0.659. The van der Waals surface area contributed by atoms with Crippen molar-refractivity contribution in [1.82, 2.24) is 19.7 Å². The minimum Gasteiger partial charge on any atom is -0.324 e. The molecule has 1 saturated heterocycles. The minimum absolute atomic E-state index is 0.00736. The molecule has 2 aliphatic rings. The summed E-state index contributed by atoms with van der Waals surface area (Å²) in [5.74, 6) is -0.776. The molecule has 4 heterocycles. The predicted molar refractivity (Wildman–Crippen MR) is 116 cm³/mol. The first-order valence-electron chi connectivity index (χ1n) is 10.7. The van der Waals surface area contributed by atoms with Gasteiger partial charge in [-0.25, -0.2) is 18.3 Å². The van der Waals surface area contributed by atoms with E-state index in [9.17, 15) is 18.4 Å². The number of benzene rings is 1. The minimum atomic E-state index is -0.758. The lowest BCUT2D eigenvalue weighted by Crippen LogP contribution is -2.55. The topological polar surface area (TPSA) is 83.4 Å². The number of halogens is 2. The SMILES string of the molecule is O=C(Nc1cc(F)cc(F)c1)N1CCC2(CC1)CC(=O)N(Cc1ccncc1)c1ccnn12. The van der Waals surface area contributed by atoms with Crippen LogP contribution in [0.4, 0.5) is 25.1 Å². The number of nitrogens with one attached hydrogen (secondary N) is 1. The molecule has 1 fully saturated rings. The summed E-state index contributed by atoms with van der Waals surface area (Å²) in [4.78, 5) is 33.1. The van der Waals surface area contributed by atoms with E-state index in [1.807, 2.05) is 22.9 Å². The molecule has 10 heteroatoms. The highest BCUT2D eigenvalue weighted by molar-refractivity contribution is 5.94. The Balaban J connectivity index is 1.30. The van der Waals surface area contributed by atoms with E-state index in [2.05, 4.69) is 15.4 Å². The molecule has 3 aromatic rings. The average Bonchev–Trinajstić information content (AvgIpc) is 3.28. The second-order valence-electron chi connectivity index (χ2n) is 8.41. The summed E-state index contributed by atoms with van der Waals surface area (Å²) in [5.41, 5.74) is 0.529. The summed E-state index contributed by atoms with van der Waals surface area (Å²) in [5, 5.41) is 7.07. The molecule has 3 amide bonds. The summed E-state index contributed by atoms with van der Waals surface area (Å²) >= 11 is 0. The molecule has 1 N–H and O–H groups in total. The standard InChI is InChI=1S/C23H22F2N6O2/c24-17-11-18(25)13-19(12-17)28-22(33)29-9-4-23(5-10-29)14-21(32)30(20-3-8-27-31(20)23)15-16-1-6-26-7-2-16/h1-3,6-8,11-13H,4-5,9-10,14-15H2,(H,28,33). The number of urea groups is 1. The van der Waals surface area contributed by atoms with Gasteiger partial charge in [0.15, 0.2) is 0 Å². The largest absolute Gasteiger partial charge is 0.324 e. The van der Waals surface area contributed by atoms with Crippen molar-refractivity contribution < 1.29 is 18.4 Å². The van der Waals surface area contributed by atoms with Gasteiger partial charge in [0.2, 0.25) is 5.91 Å². The van der Waals surface area contributed by atoms with Crippen molar-refractivity contribution in [3.05, 3.63) is 72.2 Å². The Kier molecular flexibility index (Phi) is 5.27. The van der Waals surface area contributed by atoms with Gasteiger partial charge in [-0.2, -0.15) is 5.10 Å². The lowest BCUT2D eigenvalue weighted by Gasteiger charge is -2.46. The van der Waals surface area contributed by atoms with E-state index in [4.69, 9.17) is 0 Å². The number of likely N-dealkylation sites (tertiary alicyclic amines) is 1. The van der Waals surface area contributed by atoms with E-state index in [1.165, 1.54) is 0 Å². The fourth-order valence-corrected chi connectivity index (χ4v) is 4.63. The van der Waals surface area contributed by atoms with Crippen LogP contribution in [-0.4, -0.2) is 44.7 Å². The number of aromatic nitrogens is 3. The van der Waals surface area contributed by atoms with Crippen LogP contribution in [0, 0.1) is 11.6 Å². The van der Waals surface area contributed by atoms with Crippen LogP contribution in [-0.2, 0) is 16.9 Å². The smallest absolute Gasteiger partial charge is 0.321 e. The van der Waals surface area contributed by atoms with Crippen LogP contribution in [0.15, 0.2) is 55.0 Å². The number of pyridine rings is 1. The Bertz CT molecular complexity index is 1170.